The van der Waals surface area contributed by atoms with Crippen LogP contribution in [0.1, 0.15) is 51.3 Å². The van der Waals surface area contributed by atoms with E-state index >= 15 is 0 Å². The molecule has 0 amide bonds. The molecule has 0 N–H and O–H groups in total. The Labute approximate surface area is 130 Å². The van der Waals surface area contributed by atoms with Gasteiger partial charge in [0.15, 0.2) is 8.32 Å². The number of hydrogen-bond acceptors (Lipinski definition) is 1. The van der Waals surface area contributed by atoms with Gasteiger partial charge in [0.25, 0.3) is 0 Å². The van der Waals surface area contributed by atoms with E-state index in [2.05, 4.69) is 77.7 Å². The third-order valence-electron chi connectivity index (χ3n) is 4.94. The second-order valence-electron chi connectivity index (χ2n) is 7.46. The Morgan fingerprint density at radius 1 is 1.24 bits per heavy atom. The Morgan fingerprint density at radius 2 is 1.86 bits per heavy atom. The van der Waals surface area contributed by atoms with E-state index in [4.69, 9.17) is 4.43 Å². The molecule has 0 fully saturated rings. The van der Waals surface area contributed by atoms with Gasteiger partial charge < -0.3 is 4.43 Å². The zero-order valence-corrected chi connectivity index (χ0v) is 15.3. The first kappa shape index (κ1) is 16.3. The van der Waals surface area contributed by atoms with Crippen LogP contribution in [0.25, 0.3) is 5.57 Å². The van der Waals surface area contributed by atoms with E-state index in [1.165, 1.54) is 22.3 Å². The fraction of sp³-hybridized carbons (Fsp3) is 0.474. The van der Waals surface area contributed by atoms with Crippen LogP contribution in [0.5, 0.6) is 0 Å². The maximum Gasteiger partial charge on any atom is 0.192 e. The molecule has 1 atom stereocenters. The monoisotopic (exact) mass is 300 g/mol. The summed E-state index contributed by atoms with van der Waals surface area (Å²) in [6.45, 7) is 17.9. The maximum atomic E-state index is 6.68. The summed E-state index contributed by atoms with van der Waals surface area (Å²) in [4.78, 5) is 0. The highest BCUT2D eigenvalue weighted by molar-refractivity contribution is 6.74. The molecule has 0 spiro atoms. The van der Waals surface area contributed by atoms with Gasteiger partial charge in [-0.2, -0.15) is 0 Å². The van der Waals surface area contributed by atoms with Crippen molar-refractivity contribution in [3.63, 3.8) is 0 Å². The molecule has 0 aromatic heterocycles. The van der Waals surface area contributed by atoms with Crippen molar-refractivity contribution in [3.8, 4) is 0 Å². The fourth-order valence-corrected chi connectivity index (χ4v) is 3.93. The molecule has 0 bridgehead atoms. The zero-order valence-electron chi connectivity index (χ0n) is 14.3. The van der Waals surface area contributed by atoms with Crippen LogP contribution in [0.3, 0.4) is 0 Å². The summed E-state index contributed by atoms with van der Waals surface area (Å²) in [5, 5.41) is 0.226. The highest BCUT2D eigenvalue weighted by Crippen LogP contribution is 2.46. The third-order valence-corrected chi connectivity index (χ3v) is 9.43. The maximum absolute atomic E-state index is 6.68. The molecule has 1 aromatic carbocycles. The van der Waals surface area contributed by atoms with Crippen LogP contribution < -0.4 is 0 Å². The summed E-state index contributed by atoms with van der Waals surface area (Å²) in [7, 11) is -1.78. The molecule has 1 aliphatic rings. The van der Waals surface area contributed by atoms with Gasteiger partial charge in [-0.15, -0.1) is 0 Å². The van der Waals surface area contributed by atoms with Crippen LogP contribution in [0.15, 0.2) is 42.5 Å². The number of allylic oxidation sites excluding steroid dienone is 2. The lowest BCUT2D eigenvalue weighted by atomic mass is 9.82. The van der Waals surface area contributed by atoms with Crippen molar-refractivity contribution in [2.45, 2.75) is 58.4 Å². The second kappa shape index (κ2) is 5.58. The first-order valence-corrected chi connectivity index (χ1v) is 10.7. The average molecular weight is 301 g/mol. The minimum Gasteiger partial charge on any atom is -0.410 e. The SMILES string of the molecule is C=C1CC(O[Si](C)(C)C(C)(C)C)c2ccccc2/C1=C\C. The van der Waals surface area contributed by atoms with Gasteiger partial charge in [0, 0.05) is 6.42 Å². The molecule has 2 rings (SSSR count). The van der Waals surface area contributed by atoms with Crippen molar-refractivity contribution < 1.29 is 4.43 Å². The molecule has 1 aliphatic carbocycles. The molecule has 0 radical (unpaired) electrons. The molecular formula is C19H28OSi. The lowest BCUT2D eigenvalue weighted by Gasteiger charge is -2.41. The van der Waals surface area contributed by atoms with Crippen molar-refractivity contribution in [2.24, 2.45) is 0 Å². The molecule has 0 saturated heterocycles. The largest absolute Gasteiger partial charge is 0.410 e. The Hall–Kier alpha value is -1.12. The van der Waals surface area contributed by atoms with E-state index in [0.717, 1.165) is 6.42 Å². The molecule has 1 nitrogen and oxygen atoms in total. The highest BCUT2D eigenvalue weighted by atomic mass is 28.4. The van der Waals surface area contributed by atoms with Gasteiger partial charge in [0.1, 0.15) is 0 Å². The van der Waals surface area contributed by atoms with E-state index in [9.17, 15) is 0 Å². The first-order chi connectivity index (χ1) is 9.67. The van der Waals surface area contributed by atoms with Crippen molar-refractivity contribution in [1.29, 1.82) is 0 Å². The van der Waals surface area contributed by atoms with Crippen molar-refractivity contribution >= 4 is 13.9 Å². The van der Waals surface area contributed by atoms with Gasteiger partial charge in [-0.1, -0.05) is 57.7 Å². The van der Waals surface area contributed by atoms with Crippen molar-refractivity contribution in [2.75, 3.05) is 0 Å². The first-order valence-electron chi connectivity index (χ1n) is 7.79. The van der Waals surface area contributed by atoms with Crippen LogP contribution in [0.4, 0.5) is 0 Å². The van der Waals surface area contributed by atoms with E-state index < -0.39 is 8.32 Å². The molecule has 21 heavy (non-hydrogen) atoms. The quantitative estimate of drug-likeness (QED) is 0.598. The van der Waals surface area contributed by atoms with E-state index in [1.807, 2.05) is 0 Å². The second-order valence-corrected chi connectivity index (χ2v) is 12.2. The standard InChI is InChI=1S/C19H28OSi/c1-8-15-14(2)13-18(17-12-10-9-11-16(15)17)20-21(6,7)19(3,4)5/h8-12,18H,2,13H2,1,3-7H3/b15-8-. The molecular weight excluding hydrogens is 272 g/mol. The molecule has 1 aromatic rings. The summed E-state index contributed by atoms with van der Waals surface area (Å²) in [5.41, 5.74) is 5.09. The summed E-state index contributed by atoms with van der Waals surface area (Å²) in [5.74, 6) is 0. The summed E-state index contributed by atoms with van der Waals surface area (Å²) < 4.78 is 6.68. The van der Waals surface area contributed by atoms with Crippen LogP contribution in [-0.2, 0) is 4.43 Å². The lowest BCUT2D eigenvalue weighted by Crippen LogP contribution is -2.42. The third kappa shape index (κ3) is 3.07. The van der Waals surface area contributed by atoms with Gasteiger partial charge in [-0.05, 0) is 47.3 Å². The normalized spacial score (nSPS) is 21.5. The lowest BCUT2D eigenvalue weighted by molar-refractivity contribution is 0.182. The summed E-state index contributed by atoms with van der Waals surface area (Å²) >= 11 is 0. The van der Waals surface area contributed by atoms with E-state index in [1.54, 1.807) is 0 Å². The predicted octanol–water partition coefficient (Wildman–Crippen LogP) is 6.11. The van der Waals surface area contributed by atoms with Crippen molar-refractivity contribution in [1.82, 2.24) is 0 Å². The average Bonchev–Trinajstić information content (AvgIpc) is 2.37. The molecule has 114 valence electrons. The summed E-state index contributed by atoms with van der Waals surface area (Å²) in [6, 6.07) is 8.62. The number of rotatable bonds is 2. The van der Waals surface area contributed by atoms with E-state index in [0.29, 0.717) is 0 Å². The van der Waals surface area contributed by atoms with E-state index in [-0.39, 0.29) is 11.1 Å². The van der Waals surface area contributed by atoms with Crippen LogP contribution >= 0.6 is 0 Å². The molecule has 0 heterocycles. The number of benzene rings is 1. The van der Waals surface area contributed by atoms with Crippen LogP contribution in [0.2, 0.25) is 18.1 Å². The molecule has 0 aliphatic heterocycles. The minimum atomic E-state index is -1.78. The van der Waals surface area contributed by atoms with Gasteiger partial charge in [0.2, 0.25) is 0 Å². The molecule has 2 heteroatoms. The Morgan fingerprint density at radius 3 is 2.43 bits per heavy atom. The minimum absolute atomic E-state index is 0.151. The van der Waals surface area contributed by atoms with Gasteiger partial charge in [0.05, 0.1) is 6.10 Å². The Bertz CT molecular complexity index is 575. The molecule has 0 saturated carbocycles. The Balaban J connectivity index is 2.41. The number of hydrogen-bond donors (Lipinski definition) is 0. The van der Waals surface area contributed by atoms with Crippen LogP contribution in [0, 0.1) is 0 Å². The van der Waals surface area contributed by atoms with Gasteiger partial charge in [-0.25, -0.2) is 0 Å². The van der Waals surface area contributed by atoms with Gasteiger partial charge >= 0.3 is 0 Å². The Kier molecular flexibility index (Phi) is 4.32. The van der Waals surface area contributed by atoms with Crippen LogP contribution in [-0.4, -0.2) is 8.32 Å². The topological polar surface area (TPSA) is 9.23 Å². The number of fused-ring (bicyclic) bond motifs is 1. The highest BCUT2D eigenvalue weighted by Gasteiger charge is 2.40. The van der Waals surface area contributed by atoms with Crippen molar-refractivity contribution in [3.05, 3.63) is 53.6 Å². The smallest absolute Gasteiger partial charge is 0.192 e. The molecule has 1 unspecified atom stereocenters. The fourth-order valence-electron chi connectivity index (χ4n) is 2.65. The predicted molar refractivity (Wildman–Crippen MR) is 94.9 cm³/mol. The summed E-state index contributed by atoms with van der Waals surface area (Å²) in [6.07, 6.45) is 3.23. The van der Waals surface area contributed by atoms with Gasteiger partial charge in [-0.3, -0.25) is 0 Å². The zero-order chi connectivity index (χ0) is 15.8.